The molecule has 0 radical (unpaired) electrons. The van der Waals surface area contributed by atoms with Crippen molar-refractivity contribution >= 4 is 223 Å². The van der Waals surface area contributed by atoms with E-state index in [9.17, 15) is 0 Å². The second-order valence-electron chi connectivity index (χ2n) is 27.0. The minimum Gasteiger partial charge on any atom is -0.260 e. The molecule has 520 valence electrons. The van der Waals surface area contributed by atoms with Crippen molar-refractivity contribution in [3.8, 4) is 0 Å². The molecule has 0 aliphatic carbocycles. The third-order valence-corrected chi connectivity index (χ3v) is 25.0. The minimum atomic E-state index is 0.834. The van der Waals surface area contributed by atoms with Crippen LogP contribution in [-0.2, 0) is 0 Å². The second-order valence-corrected chi connectivity index (χ2v) is 32.3. The molecule has 23 rings (SSSR count). The van der Waals surface area contributed by atoms with Crippen molar-refractivity contribution in [1.29, 1.82) is 0 Å². The summed E-state index contributed by atoms with van der Waals surface area (Å²) in [6.45, 7) is 14.3. The number of hydrogen-bond donors (Lipinski definition) is 0. The molecule has 0 atom stereocenters. The Morgan fingerprint density at radius 3 is 1.09 bits per heavy atom. The van der Waals surface area contributed by atoms with Crippen molar-refractivity contribution < 1.29 is 0 Å². The normalized spacial score (nSPS) is 11.3. The third-order valence-electron chi connectivity index (χ3n) is 19.5. The van der Waals surface area contributed by atoms with E-state index in [0.717, 1.165) is 53.8 Å². The molecule has 0 saturated carbocycles. The first-order valence-corrected chi connectivity index (χ1v) is 40.0. The third kappa shape index (κ3) is 13.8. The zero-order valence-corrected chi connectivity index (χ0v) is 64.6. The molecule has 23 aromatic rings. The quantitative estimate of drug-likeness (QED) is 0.140. The fourth-order valence-corrected chi connectivity index (χ4v) is 19.7. The van der Waals surface area contributed by atoms with E-state index in [4.69, 9.17) is 0 Å². The van der Waals surface area contributed by atoms with Gasteiger partial charge in [-0.15, -0.1) is 56.7 Å². The monoisotopic (exact) mass is 1480 g/mol. The molecule has 0 spiro atoms. The minimum absolute atomic E-state index is 0.834. The van der Waals surface area contributed by atoms with Gasteiger partial charge in [0.15, 0.2) is 0 Å². The molecule has 10 aromatic heterocycles. The predicted octanol–water partition coefficient (Wildman–Crippen LogP) is 28.5. The highest BCUT2D eigenvalue weighted by Gasteiger charge is 2.13. The highest BCUT2D eigenvalue weighted by atomic mass is 32.1. The average Bonchev–Trinajstić information content (AvgIpc) is 1.42. The molecule has 0 N–H and O–H groups in total. The van der Waals surface area contributed by atoms with Gasteiger partial charge < -0.3 is 0 Å². The lowest BCUT2D eigenvalue weighted by atomic mass is 9.92. The van der Waals surface area contributed by atoms with E-state index < -0.39 is 0 Å². The molecule has 108 heavy (non-hydrogen) atoms. The van der Waals surface area contributed by atoms with Crippen LogP contribution in [0.5, 0.6) is 0 Å². The maximum atomic E-state index is 4.57. The second kappa shape index (κ2) is 30.2. The van der Waals surface area contributed by atoms with E-state index in [1.54, 1.807) is 34.0 Å². The largest absolute Gasteiger partial charge is 0.260 e. The highest BCUT2D eigenvalue weighted by Crippen LogP contribution is 2.40. The van der Waals surface area contributed by atoms with Gasteiger partial charge >= 0.3 is 0 Å². The topological polar surface area (TPSA) is 90.2 Å². The summed E-state index contributed by atoms with van der Waals surface area (Å²) in [5.41, 5.74) is 9.36. The SMILES string of the molecule is Cc1cc2c(cn1)sc1ccccc12.Cc1ccc2c3ccccc3c3ccccc3c2c1.Cc1ccc2sc3ccccc3c2n1.Cc1cccc2c3ccccc3c3ccccc3c12.Cc1cnc2sc3ccccc3c2c1.Cc1ncc2sc3ccccc3c2n1.Cc1ncc2sc3ccccc3c2n1. The van der Waals surface area contributed by atoms with Crippen molar-refractivity contribution in [2.75, 3.05) is 0 Å². The standard InChI is InChI=1S/2C19H14.3C12H9NS.2C11H8N2S/c1-13-7-6-12-18-16-9-3-2-8-14(16)15-10-4-5-11-17(15)19(13)18;1-13-10-11-18-16-8-3-2-6-14(16)15-7-4-5-9-17(15)19(18)12-13;1-8-6-10-9-4-2-3-5-11(9)14-12(10)7-13-8;1-8-6-10-9-4-2-3-5-11(9)14-12(10)13-7-8;1-8-6-7-11-12(13-8)9-4-2-3-5-10(9)14-11;2*1-7-12-6-10-11(13-7)8-4-2-3-5-9(8)14-10/h2*2-12H,1H3;3*2-7H,1H3;2*2-6H,1H3. The molecule has 0 bridgehead atoms. The molecule has 0 unspecified atom stereocenters. The van der Waals surface area contributed by atoms with E-state index in [1.165, 1.54) is 152 Å². The maximum absolute atomic E-state index is 4.57. The lowest BCUT2D eigenvalue weighted by Crippen LogP contribution is -1.85. The first-order valence-electron chi connectivity index (χ1n) is 36.0. The highest BCUT2D eigenvalue weighted by molar-refractivity contribution is 7.27. The van der Waals surface area contributed by atoms with Crippen molar-refractivity contribution in [3.63, 3.8) is 0 Å². The number of rotatable bonds is 0. The van der Waals surface area contributed by atoms with Crippen LogP contribution < -0.4 is 0 Å². The molecule has 0 aliphatic rings. The lowest BCUT2D eigenvalue weighted by Gasteiger charge is -2.11. The van der Waals surface area contributed by atoms with Gasteiger partial charge in [-0.2, -0.15) is 0 Å². The zero-order chi connectivity index (χ0) is 73.4. The van der Waals surface area contributed by atoms with Crippen LogP contribution in [0.25, 0.3) is 166 Å². The Morgan fingerprint density at radius 1 is 0.204 bits per heavy atom. The van der Waals surface area contributed by atoms with Gasteiger partial charge in [0.05, 0.1) is 35.3 Å². The van der Waals surface area contributed by atoms with Crippen LogP contribution >= 0.6 is 56.7 Å². The smallest absolute Gasteiger partial charge is 0.125 e. The van der Waals surface area contributed by atoms with E-state index in [-0.39, 0.29) is 0 Å². The van der Waals surface area contributed by atoms with Crippen molar-refractivity contribution in [2.45, 2.75) is 48.5 Å². The van der Waals surface area contributed by atoms with Gasteiger partial charge in [-0.1, -0.05) is 230 Å². The predicted molar refractivity (Wildman–Crippen MR) is 472 cm³/mol. The molecule has 0 amide bonds. The Kier molecular flexibility index (Phi) is 19.3. The van der Waals surface area contributed by atoms with Crippen LogP contribution in [0.1, 0.15) is 39.7 Å². The van der Waals surface area contributed by atoms with E-state index in [2.05, 4.69) is 323 Å². The van der Waals surface area contributed by atoms with Gasteiger partial charge in [0, 0.05) is 97.4 Å². The average molecular weight is 1480 g/mol. The molecule has 0 aliphatic heterocycles. The van der Waals surface area contributed by atoms with Crippen LogP contribution in [0.4, 0.5) is 0 Å². The number of aryl methyl sites for hydroxylation is 7. The number of thiophene rings is 5. The van der Waals surface area contributed by atoms with E-state index in [0.29, 0.717) is 0 Å². The fourth-order valence-electron chi connectivity index (χ4n) is 14.5. The summed E-state index contributed by atoms with van der Waals surface area (Å²) in [7, 11) is 0. The summed E-state index contributed by atoms with van der Waals surface area (Å²) < 4.78 is 11.4. The van der Waals surface area contributed by atoms with Crippen LogP contribution in [0, 0.1) is 48.5 Å². The summed E-state index contributed by atoms with van der Waals surface area (Å²) in [5, 5.41) is 25.2. The Hall–Kier alpha value is -11.9. The molecule has 13 aromatic carbocycles. The Morgan fingerprint density at radius 2 is 0.574 bits per heavy atom. The Labute approximate surface area is 644 Å². The van der Waals surface area contributed by atoms with Crippen LogP contribution in [0.2, 0.25) is 0 Å². The molecule has 7 nitrogen and oxygen atoms in total. The summed E-state index contributed by atoms with van der Waals surface area (Å²) in [5.74, 6) is 1.67. The van der Waals surface area contributed by atoms with Gasteiger partial charge in [0.1, 0.15) is 16.5 Å². The van der Waals surface area contributed by atoms with Crippen LogP contribution in [-0.4, -0.2) is 34.9 Å². The molecule has 0 fully saturated rings. The summed E-state index contributed by atoms with van der Waals surface area (Å²) in [6, 6.07) is 98.8. The van der Waals surface area contributed by atoms with Crippen molar-refractivity contribution in [1.82, 2.24) is 34.9 Å². The van der Waals surface area contributed by atoms with Crippen LogP contribution in [0.15, 0.2) is 304 Å². The number of pyridine rings is 3. The lowest BCUT2D eigenvalue weighted by molar-refractivity contribution is 1.10. The van der Waals surface area contributed by atoms with E-state index >= 15 is 0 Å². The number of aromatic nitrogens is 7. The Balaban J connectivity index is 0.0000000927. The van der Waals surface area contributed by atoms with Crippen molar-refractivity contribution in [3.05, 3.63) is 344 Å². The van der Waals surface area contributed by atoms with Gasteiger partial charge in [-0.3, -0.25) is 9.97 Å². The molecule has 12 heteroatoms. The number of hydrogen-bond acceptors (Lipinski definition) is 12. The number of nitrogens with zero attached hydrogens (tertiary/aromatic N) is 7. The van der Waals surface area contributed by atoms with Gasteiger partial charge in [0.2, 0.25) is 0 Å². The number of fused-ring (bicyclic) bond motifs is 27. The van der Waals surface area contributed by atoms with E-state index in [1.807, 2.05) is 87.3 Å². The molecular formula is C96H71N7S5. The zero-order valence-electron chi connectivity index (χ0n) is 60.5. The Bertz CT molecular complexity index is 6540. The molecule has 10 heterocycles. The number of benzene rings is 13. The van der Waals surface area contributed by atoms with Gasteiger partial charge in [0.25, 0.3) is 0 Å². The maximum Gasteiger partial charge on any atom is 0.125 e. The molecular weight excluding hydrogens is 1410 g/mol. The summed E-state index contributed by atoms with van der Waals surface area (Å²) in [6.07, 6.45) is 7.71. The van der Waals surface area contributed by atoms with Crippen LogP contribution in [0.3, 0.4) is 0 Å². The molecule has 0 saturated heterocycles. The first-order chi connectivity index (χ1) is 52.9. The summed E-state index contributed by atoms with van der Waals surface area (Å²) in [4.78, 5) is 31.8. The fraction of sp³-hybridized carbons (Fsp3) is 0.0729. The van der Waals surface area contributed by atoms with Gasteiger partial charge in [-0.25, -0.2) is 24.9 Å². The van der Waals surface area contributed by atoms with Crippen molar-refractivity contribution in [2.24, 2.45) is 0 Å². The summed E-state index contributed by atoms with van der Waals surface area (Å²) >= 11 is 8.87. The van der Waals surface area contributed by atoms with Gasteiger partial charge in [-0.05, 0) is 179 Å². The first kappa shape index (κ1) is 69.2.